The lowest BCUT2D eigenvalue weighted by atomic mass is 10.0. The molecule has 0 fully saturated rings. The van der Waals surface area contributed by atoms with Gasteiger partial charge < -0.3 is 14.8 Å². The first-order chi connectivity index (χ1) is 9.02. The van der Waals surface area contributed by atoms with Crippen LogP contribution >= 0.6 is 0 Å². The quantitative estimate of drug-likeness (QED) is 0.885. The molecule has 2 aromatic rings. The number of H-pyrrole nitrogens is 1. The van der Waals surface area contributed by atoms with Gasteiger partial charge in [-0.25, -0.2) is 0 Å². The molecule has 0 radical (unpaired) electrons. The third kappa shape index (κ3) is 2.82. The normalized spacial score (nSPS) is 12.5. The van der Waals surface area contributed by atoms with Gasteiger partial charge in [-0.15, -0.1) is 0 Å². The van der Waals surface area contributed by atoms with E-state index in [-0.39, 0.29) is 0 Å². The molecule has 3 nitrogen and oxygen atoms in total. The molecule has 102 valence electrons. The largest absolute Gasteiger partial charge is 0.497 e. The molecule has 0 bridgehead atoms. The van der Waals surface area contributed by atoms with Crippen LogP contribution in [0, 0.1) is 20.8 Å². The summed E-state index contributed by atoms with van der Waals surface area (Å²) in [5.41, 5.74) is 5.47. The van der Waals surface area contributed by atoms with Crippen LogP contribution in [0.4, 0.5) is 0 Å². The molecule has 0 aliphatic carbocycles. The lowest BCUT2D eigenvalue weighted by Crippen LogP contribution is -2.04. The zero-order valence-corrected chi connectivity index (χ0v) is 11.9. The monoisotopic (exact) mass is 259 g/mol. The summed E-state index contributed by atoms with van der Waals surface area (Å²) >= 11 is 0. The third-order valence-electron chi connectivity index (χ3n) is 3.75. The van der Waals surface area contributed by atoms with Crippen molar-refractivity contribution in [2.24, 2.45) is 0 Å². The van der Waals surface area contributed by atoms with E-state index in [4.69, 9.17) is 4.74 Å². The molecule has 2 N–H and O–H groups in total. The molecule has 0 spiro atoms. The number of hydrogen-bond acceptors (Lipinski definition) is 2. The minimum absolute atomic E-state index is 0.514. The van der Waals surface area contributed by atoms with E-state index < -0.39 is 6.10 Å². The van der Waals surface area contributed by atoms with Gasteiger partial charge in [-0.1, -0.05) is 12.1 Å². The lowest BCUT2D eigenvalue weighted by molar-refractivity contribution is 0.173. The molecule has 3 heteroatoms. The Labute approximate surface area is 114 Å². The fraction of sp³-hybridized carbons (Fsp3) is 0.375. The van der Waals surface area contributed by atoms with Gasteiger partial charge in [-0.3, -0.25) is 0 Å². The van der Waals surface area contributed by atoms with E-state index in [1.165, 1.54) is 5.56 Å². The number of aromatic amines is 1. The molecule has 1 heterocycles. The van der Waals surface area contributed by atoms with Crippen molar-refractivity contribution in [2.45, 2.75) is 33.3 Å². The molecule has 1 unspecified atom stereocenters. The van der Waals surface area contributed by atoms with Gasteiger partial charge in [0.25, 0.3) is 0 Å². The molecule has 2 rings (SSSR count). The smallest absolute Gasteiger partial charge is 0.119 e. The molecule has 19 heavy (non-hydrogen) atoms. The number of methoxy groups -OCH3 is 1. The Morgan fingerprint density at radius 1 is 1.21 bits per heavy atom. The van der Waals surface area contributed by atoms with E-state index in [2.05, 4.69) is 11.9 Å². The van der Waals surface area contributed by atoms with Gasteiger partial charge in [0.2, 0.25) is 0 Å². The summed E-state index contributed by atoms with van der Waals surface area (Å²) in [7, 11) is 1.65. The van der Waals surface area contributed by atoms with Crippen LogP contribution in [-0.4, -0.2) is 17.2 Å². The van der Waals surface area contributed by atoms with Gasteiger partial charge in [0.15, 0.2) is 0 Å². The standard InChI is InChI=1S/C16H21NO2/c1-10-11(2)16(17-12(10)3)15(18)9-13-6-5-7-14(8-13)19-4/h5-8,15,17-18H,9H2,1-4H3. The number of aryl methyl sites for hydroxylation is 1. The Bertz CT molecular complexity index is 572. The summed E-state index contributed by atoms with van der Waals surface area (Å²) in [6, 6.07) is 7.81. The van der Waals surface area contributed by atoms with Crippen LogP contribution in [0.5, 0.6) is 5.75 Å². The second kappa shape index (κ2) is 5.49. The topological polar surface area (TPSA) is 45.2 Å². The summed E-state index contributed by atoms with van der Waals surface area (Å²) in [5.74, 6) is 0.820. The van der Waals surface area contributed by atoms with Crippen LogP contribution in [0.2, 0.25) is 0 Å². The van der Waals surface area contributed by atoms with E-state index in [1.807, 2.05) is 38.1 Å². The first-order valence-corrected chi connectivity index (χ1v) is 6.49. The second-order valence-corrected chi connectivity index (χ2v) is 4.99. The van der Waals surface area contributed by atoms with Crippen molar-refractivity contribution in [1.82, 2.24) is 4.98 Å². The van der Waals surface area contributed by atoms with Crippen molar-refractivity contribution < 1.29 is 9.84 Å². The minimum Gasteiger partial charge on any atom is -0.497 e. The number of ether oxygens (including phenoxy) is 1. The zero-order valence-electron chi connectivity index (χ0n) is 11.9. The van der Waals surface area contributed by atoms with E-state index in [0.29, 0.717) is 6.42 Å². The predicted octanol–water partition coefficient (Wildman–Crippen LogP) is 3.22. The first-order valence-electron chi connectivity index (χ1n) is 6.49. The van der Waals surface area contributed by atoms with Crippen LogP contribution in [0.25, 0.3) is 0 Å². The molecule has 0 aliphatic rings. The van der Waals surface area contributed by atoms with Crippen LogP contribution in [0.3, 0.4) is 0 Å². The summed E-state index contributed by atoms with van der Waals surface area (Å²) < 4.78 is 5.20. The van der Waals surface area contributed by atoms with Crippen LogP contribution in [0.15, 0.2) is 24.3 Å². The molecular formula is C16H21NO2. The Kier molecular flexibility index (Phi) is 3.96. The Morgan fingerprint density at radius 2 is 1.95 bits per heavy atom. The van der Waals surface area contributed by atoms with Gasteiger partial charge in [0.1, 0.15) is 5.75 Å². The van der Waals surface area contributed by atoms with Gasteiger partial charge in [0, 0.05) is 17.8 Å². The number of nitrogens with one attached hydrogen (secondary N) is 1. The molecule has 0 amide bonds. The highest BCUT2D eigenvalue weighted by atomic mass is 16.5. The molecular weight excluding hydrogens is 238 g/mol. The fourth-order valence-corrected chi connectivity index (χ4v) is 2.33. The molecule has 1 atom stereocenters. The second-order valence-electron chi connectivity index (χ2n) is 4.99. The van der Waals surface area contributed by atoms with E-state index >= 15 is 0 Å². The summed E-state index contributed by atoms with van der Waals surface area (Å²) in [6.45, 7) is 6.15. The summed E-state index contributed by atoms with van der Waals surface area (Å²) in [5, 5.41) is 10.4. The highest BCUT2D eigenvalue weighted by Crippen LogP contribution is 2.26. The molecule has 0 saturated heterocycles. The van der Waals surface area contributed by atoms with Crippen molar-refractivity contribution in [2.75, 3.05) is 7.11 Å². The number of rotatable bonds is 4. The van der Waals surface area contributed by atoms with E-state index in [1.54, 1.807) is 7.11 Å². The first kappa shape index (κ1) is 13.7. The molecule has 1 aromatic carbocycles. The highest BCUT2D eigenvalue weighted by molar-refractivity contribution is 5.36. The Hall–Kier alpha value is -1.74. The van der Waals surface area contributed by atoms with Crippen LogP contribution < -0.4 is 4.74 Å². The fourth-order valence-electron chi connectivity index (χ4n) is 2.33. The van der Waals surface area contributed by atoms with Crippen molar-refractivity contribution in [3.63, 3.8) is 0 Å². The highest BCUT2D eigenvalue weighted by Gasteiger charge is 2.16. The average Bonchev–Trinajstić information content (AvgIpc) is 2.67. The Balaban J connectivity index is 2.20. The van der Waals surface area contributed by atoms with Crippen molar-refractivity contribution >= 4 is 0 Å². The molecule has 0 aliphatic heterocycles. The van der Waals surface area contributed by atoms with E-state index in [9.17, 15) is 5.11 Å². The number of aliphatic hydroxyl groups excluding tert-OH is 1. The zero-order chi connectivity index (χ0) is 14.0. The van der Waals surface area contributed by atoms with E-state index in [0.717, 1.165) is 28.3 Å². The maximum Gasteiger partial charge on any atom is 0.119 e. The van der Waals surface area contributed by atoms with Gasteiger partial charge in [-0.05, 0) is 49.6 Å². The van der Waals surface area contributed by atoms with Crippen LogP contribution in [-0.2, 0) is 6.42 Å². The maximum atomic E-state index is 10.4. The SMILES string of the molecule is COc1cccc(CC(O)c2[nH]c(C)c(C)c2C)c1. The molecule has 1 aromatic heterocycles. The van der Waals surface area contributed by atoms with Gasteiger partial charge in [-0.2, -0.15) is 0 Å². The van der Waals surface area contributed by atoms with Gasteiger partial charge in [0.05, 0.1) is 13.2 Å². The van der Waals surface area contributed by atoms with Gasteiger partial charge >= 0.3 is 0 Å². The predicted molar refractivity (Wildman–Crippen MR) is 76.7 cm³/mol. The summed E-state index contributed by atoms with van der Waals surface area (Å²) in [6.07, 6.45) is 0.0664. The minimum atomic E-state index is -0.514. The van der Waals surface area contributed by atoms with Crippen molar-refractivity contribution in [3.05, 3.63) is 52.3 Å². The number of benzene rings is 1. The van der Waals surface area contributed by atoms with Crippen molar-refractivity contribution in [1.29, 1.82) is 0 Å². The average molecular weight is 259 g/mol. The number of hydrogen-bond donors (Lipinski definition) is 2. The number of aromatic nitrogens is 1. The summed E-state index contributed by atoms with van der Waals surface area (Å²) in [4.78, 5) is 3.28. The maximum absolute atomic E-state index is 10.4. The van der Waals surface area contributed by atoms with Crippen molar-refractivity contribution in [3.8, 4) is 5.75 Å². The number of aliphatic hydroxyl groups is 1. The third-order valence-corrected chi connectivity index (χ3v) is 3.75. The lowest BCUT2D eigenvalue weighted by Gasteiger charge is -2.11. The van der Waals surface area contributed by atoms with Crippen LogP contribution in [0.1, 0.15) is 34.2 Å². The molecule has 0 saturated carbocycles. The Morgan fingerprint density at radius 3 is 2.53 bits per heavy atom.